The first-order valence-electron chi connectivity index (χ1n) is 7.90. The summed E-state index contributed by atoms with van der Waals surface area (Å²) in [5.41, 5.74) is 0.909. The van der Waals surface area contributed by atoms with Gasteiger partial charge in [0.05, 0.1) is 6.61 Å². The molecule has 0 bridgehead atoms. The van der Waals surface area contributed by atoms with E-state index in [-0.39, 0.29) is 5.82 Å². The number of benzene rings is 1. The van der Waals surface area contributed by atoms with Crippen molar-refractivity contribution in [2.75, 3.05) is 13.2 Å². The summed E-state index contributed by atoms with van der Waals surface area (Å²) >= 11 is 0. The third-order valence-electron chi connectivity index (χ3n) is 3.29. The van der Waals surface area contributed by atoms with Gasteiger partial charge in [-0.25, -0.2) is 4.39 Å². The van der Waals surface area contributed by atoms with Crippen LogP contribution in [0.3, 0.4) is 0 Å². The van der Waals surface area contributed by atoms with Crippen LogP contribution in [0.2, 0.25) is 0 Å². The molecular formula is C17H28FNO. The maximum atomic E-state index is 13.8. The van der Waals surface area contributed by atoms with Gasteiger partial charge < -0.3 is 10.1 Å². The molecule has 1 rings (SSSR count). The fourth-order valence-corrected chi connectivity index (χ4v) is 2.13. The Morgan fingerprint density at radius 2 is 1.85 bits per heavy atom. The van der Waals surface area contributed by atoms with Crippen LogP contribution in [-0.2, 0) is 6.54 Å². The molecule has 0 atom stereocenters. The second-order valence-corrected chi connectivity index (χ2v) is 5.17. The average molecular weight is 281 g/mol. The lowest BCUT2D eigenvalue weighted by atomic mass is 10.1. The van der Waals surface area contributed by atoms with Gasteiger partial charge in [0.15, 0.2) is 11.6 Å². The summed E-state index contributed by atoms with van der Waals surface area (Å²) in [5, 5.41) is 3.29. The largest absolute Gasteiger partial charge is 0.490 e. The summed E-state index contributed by atoms with van der Waals surface area (Å²) in [6.07, 6.45) is 6.97. The molecule has 3 heteroatoms. The highest BCUT2D eigenvalue weighted by atomic mass is 19.1. The van der Waals surface area contributed by atoms with Crippen LogP contribution in [-0.4, -0.2) is 13.2 Å². The molecule has 0 saturated heterocycles. The molecule has 1 aromatic rings. The molecule has 0 aromatic heterocycles. The van der Waals surface area contributed by atoms with E-state index in [9.17, 15) is 4.39 Å². The molecule has 0 spiro atoms. The fourth-order valence-electron chi connectivity index (χ4n) is 2.13. The summed E-state index contributed by atoms with van der Waals surface area (Å²) in [4.78, 5) is 0. The lowest BCUT2D eigenvalue weighted by Gasteiger charge is -2.13. The van der Waals surface area contributed by atoms with Gasteiger partial charge in [0.1, 0.15) is 0 Å². The lowest BCUT2D eigenvalue weighted by molar-refractivity contribution is 0.286. The van der Waals surface area contributed by atoms with Gasteiger partial charge in [-0.2, -0.15) is 0 Å². The number of halogens is 1. The first kappa shape index (κ1) is 17.0. The van der Waals surface area contributed by atoms with E-state index in [2.05, 4.69) is 19.2 Å². The number of rotatable bonds is 11. The van der Waals surface area contributed by atoms with Crippen molar-refractivity contribution in [2.24, 2.45) is 0 Å². The molecule has 0 heterocycles. The Bertz CT molecular complexity index is 368. The van der Waals surface area contributed by atoms with Crippen LogP contribution in [0, 0.1) is 5.82 Å². The van der Waals surface area contributed by atoms with Gasteiger partial charge in [0, 0.05) is 12.1 Å². The highest BCUT2D eigenvalue weighted by Crippen LogP contribution is 2.23. The SMILES string of the molecule is CCCCCCCOc1c(F)cccc1CNCCC. The molecule has 0 radical (unpaired) electrons. The highest BCUT2D eigenvalue weighted by Gasteiger charge is 2.09. The van der Waals surface area contributed by atoms with Gasteiger partial charge in [-0.3, -0.25) is 0 Å². The van der Waals surface area contributed by atoms with E-state index in [4.69, 9.17) is 4.74 Å². The Morgan fingerprint density at radius 1 is 1.05 bits per heavy atom. The standard InChI is InChI=1S/C17H28FNO/c1-3-5-6-7-8-13-20-17-15(14-19-12-4-2)10-9-11-16(17)18/h9-11,19H,3-8,12-14H2,1-2H3. The van der Waals surface area contributed by atoms with Crippen molar-refractivity contribution in [1.82, 2.24) is 5.32 Å². The maximum Gasteiger partial charge on any atom is 0.165 e. The van der Waals surface area contributed by atoms with Crippen LogP contribution in [0.5, 0.6) is 5.75 Å². The number of hydrogen-bond acceptors (Lipinski definition) is 2. The molecular weight excluding hydrogens is 253 g/mol. The molecule has 20 heavy (non-hydrogen) atoms. The molecule has 0 fully saturated rings. The number of unbranched alkanes of at least 4 members (excludes halogenated alkanes) is 4. The first-order valence-corrected chi connectivity index (χ1v) is 7.90. The van der Waals surface area contributed by atoms with E-state index in [1.165, 1.54) is 25.3 Å². The van der Waals surface area contributed by atoms with E-state index in [0.29, 0.717) is 18.9 Å². The van der Waals surface area contributed by atoms with Gasteiger partial charge in [-0.1, -0.05) is 51.7 Å². The van der Waals surface area contributed by atoms with Crippen LogP contribution >= 0.6 is 0 Å². The second-order valence-electron chi connectivity index (χ2n) is 5.17. The molecule has 1 aromatic carbocycles. The van der Waals surface area contributed by atoms with Gasteiger partial charge in [0.25, 0.3) is 0 Å². The summed E-state index contributed by atoms with van der Waals surface area (Å²) in [5.74, 6) is 0.168. The molecule has 1 N–H and O–H groups in total. The number of hydrogen-bond donors (Lipinski definition) is 1. The normalized spacial score (nSPS) is 10.8. The van der Waals surface area contributed by atoms with E-state index in [1.807, 2.05) is 6.07 Å². The number of para-hydroxylation sites is 1. The first-order chi connectivity index (χ1) is 9.79. The lowest BCUT2D eigenvalue weighted by Crippen LogP contribution is -2.15. The molecule has 0 amide bonds. The minimum absolute atomic E-state index is 0.255. The van der Waals surface area contributed by atoms with E-state index in [1.54, 1.807) is 6.07 Å². The molecule has 0 unspecified atom stereocenters. The quantitative estimate of drug-likeness (QED) is 0.595. The third-order valence-corrected chi connectivity index (χ3v) is 3.29. The molecule has 0 aliphatic heterocycles. The van der Waals surface area contributed by atoms with Crippen molar-refractivity contribution in [2.45, 2.75) is 58.9 Å². The zero-order chi connectivity index (χ0) is 14.6. The Morgan fingerprint density at radius 3 is 2.60 bits per heavy atom. The molecule has 0 saturated carbocycles. The topological polar surface area (TPSA) is 21.3 Å². The smallest absolute Gasteiger partial charge is 0.165 e. The number of nitrogens with one attached hydrogen (secondary N) is 1. The van der Waals surface area contributed by atoms with Crippen LogP contribution in [0.15, 0.2) is 18.2 Å². The predicted molar refractivity (Wildman–Crippen MR) is 82.7 cm³/mol. The van der Waals surface area contributed by atoms with E-state index < -0.39 is 0 Å². The second kappa shape index (κ2) is 10.7. The van der Waals surface area contributed by atoms with Crippen LogP contribution in [0.4, 0.5) is 4.39 Å². The average Bonchev–Trinajstić information content (AvgIpc) is 2.45. The van der Waals surface area contributed by atoms with Gasteiger partial charge >= 0.3 is 0 Å². The van der Waals surface area contributed by atoms with Crippen molar-refractivity contribution in [3.63, 3.8) is 0 Å². The number of ether oxygens (including phenoxy) is 1. The molecule has 114 valence electrons. The fraction of sp³-hybridized carbons (Fsp3) is 0.647. The predicted octanol–water partition coefficient (Wildman–Crippen LogP) is 4.67. The summed E-state index contributed by atoms with van der Waals surface area (Å²) in [6, 6.07) is 5.14. The van der Waals surface area contributed by atoms with Crippen molar-refractivity contribution >= 4 is 0 Å². The van der Waals surface area contributed by atoms with Crippen LogP contribution in [0.1, 0.15) is 57.9 Å². The van der Waals surface area contributed by atoms with Crippen molar-refractivity contribution in [3.8, 4) is 5.75 Å². The minimum atomic E-state index is -0.255. The van der Waals surface area contributed by atoms with Crippen molar-refractivity contribution in [1.29, 1.82) is 0 Å². The van der Waals surface area contributed by atoms with Crippen molar-refractivity contribution < 1.29 is 9.13 Å². The summed E-state index contributed by atoms with van der Waals surface area (Å²) < 4.78 is 19.5. The summed E-state index contributed by atoms with van der Waals surface area (Å²) in [7, 11) is 0. The van der Waals surface area contributed by atoms with Crippen LogP contribution in [0.25, 0.3) is 0 Å². The van der Waals surface area contributed by atoms with Gasteiger partial charge in [0.2, 0.25) is 0 Å². The Balaban J connectivity index is 2.41. The zero-order valence-electron chi connectivity index (χ0n) is 12.9. The minimum Gasteiger partial charge on any atom is -0.490 e. The third kappa shape index (κ3) is 6.38. The maximum absolute atomic E-state index is 13.8. The Kier molecular flexibility index (Phi) is 9.05. The van der Waals surface area contributed by atoms with Crippen LogP contribution < -0.4 is 10.1 Å². The van der Waals surface area contributed by atoms with Gasteiger partial charge in [-0.15, -0.1) is 0 Å². The Hall–Kier alpha value is -1.09. The molecule has 0 aliphatic carbocycles. The van der Waals surface area contributed by atoms with Crippen molar-refractivity contribution in [3.05, 3.63) is 29.6 Å². The monoisotopic (exact) mass is 281 g/mol. The van der Waals surface area contributed by atoms with E-state index in [0.717, 1.165) is 31.4 Å². The Labute approximate surface area is 122 Å². The van der Waals surface area contributed by atoms with E-state index >= 15 is 0 Å². The highest BCUT2D eigenvalue weighted by molar-refractivity contribution is 5.34. The molecule has 0 aliphatic rings. The zero-order valence-corrected chi connectivity index (χ0v) is 12.9. The summed E-state index contributed by atoms with van der Waals surface area (Å²) in [6.45, 7) is 6.52. The van der Waals surface area contributed by atoms with Gasteiger partial charge in [-0.05, 0) is 25.5 Å². The molecule has 2 nitrogen and oxygen atoms in total.